The Hall–Kier alpha value is -0.530. The van der Waals surface area contributed by atoms with Crippen LogP contribution in [0.4, 0.5) is 0 Å². The van der Waals surface area contributed by atoms with Crippen molar-refractivity contribution in [2.24, 2.45) is 28.6 Å². The third kappa shape index (κ3) is 6.41. The fourth-order valence-corrected chi connectivity index (χ4v) is 3.96. The first-order chi connectivity index (χ1) is 11.0. The smallest absolute Gasteiger partial charge is 0.312 e. The normalized spacial score (nSPS) is 15.4. The molecule has 0 aliphatic heterocycles. The number of rotatable bonds is 10. The van der Waals surface area contributed by atoms with E-state index >= 15 is 0 Å². The minimum Gasteiger partial charge on any atom is -0.461 e. The van der Waals surface area contributed by atoms with Crippen molar-refractivity contribution in [3.05, 3.63) is 0 Å². The monoisotopic (exact) mass is 340 g/mol. The van der Waals surface area contributed by atoms with Crippen molar-refractivity contribution < 1.29 is 9.53 Å². The predicted octanol–water partition coefficient (Wildman–Crippen LogP) is 6.87. The average Bonchev–Trinajstić information content (AvgIpc) is 2.47. The maximum atomic E-state index is 13.2. The quantitative estimate of drug-likeness (QED) is 0.406. The average molecular weight is 341 g/mol. The van der Waals surface area contributed by atoms with Crippen LogP contribution >= 0.6 is 0 Å². The summed E-state index contributed by atoms with van der Waals surface area (Å²) in [5.41, 5.74) is -0.314. The second-order valence-corrected chi connectivity index (χ2v) is 9.33. The first kappa shape index (κ1) is 23.5. The van der Waals surface area contributed by atoms with E-state index in [9.17, 15) is 4.79 Å². The van der Waals surface area contributed by atoms with Gasteiger partial charge in [-0.1, -0.05) is 62.3 Å². The second kappa shape index (κ2) is 9.82. The minimum atomic E-state index is -0.422. The van der Waals surface area contributed by atoms with Gasteiger partial charge < -0.3 is 4.74 Å². The van der Waals surface area contributed by atoms with Crippen molar-refractivity contribution in [2.75, 3.05) is 0 Å². The zero-order valence-electron chi connectivity index (χ0n) is 18.2. The van der Waals surface area contributed by atoms with E-state index < -0.39 is 5.41 Å². The fourth-order valence-electron chi connectivity index (χ4n) is 3.96. The number of ether oxygens (including phenoxy) is 1. The van der Waals surface area contributed by atoms with Gasteiger partial charge in [0.25, 0.3) is 0 Å². The van der Waals surface area contributed by atoms with Gasteiger partial charge >= 0.3 is 5.97 Å². The molecule has 1 atom stereocenters. The number of carbonyl (C=O) groups is 1. The molecule has 0 saturated heterocycles. The molecule has 0 bridgehead atoms. The Morgan fingerprint density at radius 2 is 1.21 bits per heavy atom. The number of hydrogen-bond donors (Lipinski definition) is 0. The Morgan fingerprint density at radius 3 is 1.46 bits per heavy atom. The lowest BCUT2D eigenvalue weighted by Crippen LogP contribution is -2.43. The van der Waals surface area contributed by atoms with Crippen LogP contribution in [0, 0.1) is 28.6 Å². The summed E-state index contributed by atoms with van der Waals surface area (Å²) in [6, 6.07) is 0. The van der Waals surface area contributed by atoms with Crippen molar-refractivity contribution in [2.45, 2.75) is 107 Å². The molecule has 0 fully saturated rings. The lowest BCUT2D eigenvalue weighted by molar-refractivity contribution is -0.172. The molecule has 0 aliphatic rings. The molecule has 2 heteroatoms. The van der Waals surface area contributed by atoms with Gasteiger partial charge in [0.1, 0.15) is 6.10 Å². The van der Waals surface area contributed by atoms with E-state index in [1.54, 1.807) is 0 Å². The molecule has 0 rings (SSSR count). The van der Waals surface area contributed by atoms with Gasteiger partial charge in [0, 0.05) is 0 Å². The Bertz CT molecular complexity index is 347. The molecule has 1 unspecified atom stereocenters. The summed E-state index contributed by atoms with van der Waals surface area (Å²) in [5.74, 6) is 1.21. The molecule has 24 heavy (non-hydrogen) atoms. The molecular weight excluding hydrogens is 296 g/mol. The highest BCUT2D eigenvalue weighted by Crippen LogP contribution is 2.41. The van der Waals surface area contributed by atoms with E-state index in [-0.39, 0.29) is 23.4 Å². The number of carbonyl (C=O) groups excluding carboxylic acids is 1. The third-order valence-corrected chi connectivity index (χ3v) is 5.91. The Morgan fingerprint density at radius 1 is 0.833 bits per heavy atom. The first-order valence-corrected chi connectivity index (χ1v) is 10.2. The lowest BCUT2D eigenvalue weighted by Gasteiger charge is -2.40. The molecule has 144 valence electrons. The standard InChI is InChI=1S/C22H44O2/c1-11-17(12-2)19(18(13-3)14-4)24-20(23)22(10,16(5)6)15-21(7,8)9/h16-19H,11-15H2,1-10H3. The second-order valence-electron chi connectivity index (χ2n) is 9.33. The fraction of sp³-hybridized carbons (Fsp3) is 0.955. The highest BCUT2D eigenvalue weighted by atomic mass is 16.5. The van der Waals surface area contributed by atoms with Gasteiger partial charge in [0.05, 0.1) is 5.41 Å². The SMILES string of the molecule is CCC(CC)C(OC(=O)C(C)(CC(C)(C)C)C(C)C)C(CC)CC. The van der Waals surface area contributed by atoms with Crippen molar-refractivity contribution in [3.63, 3.8) is 0 Å². The molecular formula is C22H44O2. The van der Waals surface area contributed by atoms with Crippen LogP contribution in [0.25, 0.3) is 0 Å². The van der Waals surface area contributed by atoms with Crippen LogP contribution in [-0.4, -0.2) is 12.1 Å². The molecule has 0 aromatic heterocycles. The molecule has 2 nitrogen and oxygen atoms in total. The summed E-state index contributed by atoms with van der Waals surface area (Å²) >= 11 is 0. The van der Waals surface area contributed by atoms with Crippen molar-refractivity contribution in [1.29, 1.82) is 0 Å². The van der Waals surface area contributed by atoms with Gasteiger partial charge in [0.15, 0.2) is 0 Å². The van der Waals surface area contributed by atoms with E-state index in [2.05, 4.69) is 69.2 Å². The van der Waals surface area contributed by atoms with E-state index in [4.69, 9.17) is 4.74 Å². The minimum absolute atomic E-state index is 0.0104. The molecule has 0 aliphatic carbocycles. The van der Waals surface area contributed by atoms with Crippen molar-refractivity contribution in [1.82, 2.24) is 0 Å². The zero-order valence-corrected chi connectivity index (χ0v) is 18.2. The van der Waals surface area contributed by atoms with Crippen molar-refractivity contribution in [3.8, 4) is 0 Å². The molecule has 0 aromatic carbocycles. The van der Waals surface area contributed by atoms with E-state index in [1.165, 1.54) is 0 Å². The number of hydrogen-bond acceptors (Lipinski definition) is 2. The molecule has 0 amide bonds. The zero-order chi connectivity index (χ0) is 19.1. The highest BCUT2D eigenvalue weighted by Gasteiger charge is 2.43. The van der Waals surface area contributed by atoms with E-state index in [0.717, 1.165) is 32.1 Å². The van der Waals surface area contributed by atoms with E-state index in [0.29, 0.717) is 11.8 Å². The first-order valence-electron chi connectivity index (χ1n) is 10.2. The summed E-state index contributed by atoms with van der Waals surface area (Å²) in [6.07, 6.45) is 5.20. The molecule has 0 N–H and O–H groups in total. The summed E-state index contributed by atoms with van der Waals surface area (Å²) < 4.78 is 6.27. The summed E-state index contributed by atoms with van der Waals surface area (Å²) in [7, 11) is 0. The molecule has 0 saturated carbocycles. The maximum absolute atomic E-state index is 13.2. The molecule has 0 spiro atoms. The summed E-state index contributed by atoms with van der Waals surface area (Å²) in [4.78, 5) is 13.2. The number of esters is 1. The Labute approximate surface area is 152 Å². The van der Waals surface area contributed by atoms with Gasteiger partial charge in [-0.15, -0.1) is 0 Å². The van der Waals surface area contributed by atoms with Crippen LogP contribution in [0.15, 0.2) is 0 Å². The molecule has 0 heterocycles. The Balaban J connectivity index is 5.53. The van der Waals surface area contributed by atoms with Gasteiger partial charge in [-0.2, -0.15) is 0 Å². The van der Waals surface area contributed by atoms with Gasteiger partial charge in [-0.05, 0) is 62.2 Å². The lowest BCUT2D eigenvalue weighted by atomic mass is 9.68. The van der Waals surface area contributed by atoms with Crippen LogP contribution in [0.5, 0.6) is 0 Å². The van der Waals surface area contributed by atoms with Crippen LogP contribution in [0.3, 0.4) is 0 Å². The van der Waals surface area contributed by atoms with Crippen LogP contribution in [-0.2, 0) is 9.53 Å². The summed E-state index contributed by atoms with van der Waals surface area (Å²) in [5, 5.41) is 0. The molecule has 0 aromatic rings. The van der Waals surface area contributed by atoms with Crippen LogP contribution in [0.1, 0.15) is 101 Å². The molecule has 0 radical (unpaired) electrons. The third-order valence-electron chi connectivity index (χ3n) is 5.91. The predicted molar refractivity (Wildman–Crippen MR) is 105 cm³/mol. The maximum Gasteiger partial charge on any atom is 0.312 e. The van der Waals surface area contributed by atoms with E-state index in [1.807, 2.05) is 0 Å². The van der Waals surface area contributed by atoms with Gasteiger partial charge in [-0.25, -0.2) is 0 Å². The van der Waals surface area contributed by atoms with Crippen LogP contribution in [0.2, 0.25) is 0 Å². The largest absolute Gasteiger partial charge is 0.461 e. The van der Waals surface area contributed by atoms with Crippen LogP contribution < -0.4 is 0 Å². The topological polar surface area (TPSA) is 26.3 Å². The Kier molecular flexibility index (Phi) is 9.61. The van der Waals surface area contributed by atoms with Gasteiger partial charge in [0.2, 0.25) is 0 Å². The van der Waals surface area contributed by atoms with Crippen molar-refractivity contribution >= 4 is 5.97 Å². The summed E-state index contributed by atoms with van der Waals surface area (Å²) in [6.45, 7) is 21.9. The highest BCUT2D eigenvalue weighted by molar-refractivity contribution is 5.77. The van der Waals surface area contributed by atoms with Gasteiger partial charge in [-0.3, -0.25) is 4.79 Å².